The van der Waals surface area contributed by atoms with Crippen LogP contribution in [0.3, 0.4) is 0 Å². The topological polar surface area (TPSA) is 82.2 Å². The number of nitrogens with one attached hydrogen (secondary N) is 1. The number of esters is 1. The first-order valence-corrected chi connectivity index (χ1v) is 13.1. The van der Waals surface area contributed by atoms with Gasteiger partial charge in [-0.15, -0.1) is 0 Å². The minimum Gasteiger partial charge on any atom is -0.463 e. The van der Waals surface area contributed by atoms with E-state index >= 15 is 0 Å². The van der Waals surface area contributed by atoms with Crippen LogP contribution in [0.4, 0.5) is 9.18 Å². The molecule has 0 spiro atoms. The zero-order chi connectivity index (χ0) is 27.4. The van der Waals surface area contributed by atoms with E-state index in [1.807, 2.05) is 39.0 Å². The molecule has 0 saturated carbocycles. The molecular weight excluding hydrogens is 487 g/mol. The molecule has 1 atom stereocenters. The number of benzene rings is 2. The van der Waals surface area contributed by atoms with E-state index in [1.54, 1.807) is 28.9 Å². The van der Waals surface area contributed by atoms with Gasteiger partial charge in [-0.05, 0) is 51.0 Å². The van der Waals surface area contributed by atoms with Crippen molar-refractivity contribution in [1.29, 1.82) is 0 Å². The van der Waals surface area contributed by atoms with Gasteiger partial charge in [0.05, 0.1) is 23.8 Å². The maximum Gasteiger partial charge on any atom is 0.338 e. The Morgan fingerprint density at radius 3 is 2.39 bits per heavy atom. The highest BCUT2D eigenvalue weighted by Crippen LogP contribution is 2.34. The number of piperazine rings is 1. The Morgan fingerprint density at radius 2 is 1.76 bits per heavy atom. The second kappa shape index (κ2) is 11.8. The van der Waals surface area contributed by atoms with E-state index < -0.39 is 17.8 Å². The Balaban J connectivity index is 1.62. The molecule has 1 saturated heterocycles. The number of rotatable bonds is 7. The van der Waals surface area contributed by atoms with Gasteiger partial charge in [0.15, 0.2) is 0 Å². The maximum absolute atomic E-state index is 14.2. The fourth-order valence-electron chi connectivity index (χ4n) is 5.17. The molecule has 1 N–H and O–H groups in total. The number of carbonyl (C=O) groups is 3. The Hall–Kier alpha value is -3.72. The number of urea groups is 1. The van der Waals surface area contributed by atoms with Gasteiger partial charge < -0.3 is 15.0 Å². The number of hydrogen-bond donors (Lipinski definition) is 1. The first-order chi connectivity index (χ1) is 18.2. The molecule has 3 amide bonds. The van der Waals surface area contributed by atoms with Gasteiger partial charge in [0.1, 0.15) is 5.82 Å². The molecule has 0 aromatic heterocycles. The van der Waals surface area contributed by atoms with Crippen LogP contribution < -0.4 is 5.32 Å². The van der Waals surface area contributed by atoms with Crippen molar-refractivity contribution >= 4 is 17.9 Å². The third kappa shape index (κ3) is 5.57. The van der Waals surface area contributed by atoms with Crippen molar-refractivity contribution in [3.05, 3.63) is 81.8 Å². The predicted octanol–water partition coefficient (Wildman–Crippen LogP) is 3.80. The van der Waals surface area contributed by atoms with Crippen LogP contribution in [-0.2, 0) is 9.53 Å². The second-order valence-electron chi connectivity index (χ2n) is 9.62. The standard InChI is InChI=1S/C29H35FN4O4/c1-5-34-24(18-32-13-15-33(16-14-32)27(35)22-9-7-8-10-23(22)30)25(28(36)38-6-2)26(31-29(34)37)21-12-11-19(3)17-20(21)4/h7-12,17,26H,5-6,13-16,18H2,1-4H3,(H,31,37). The third-order valence-electron chi connectivity index (χ3n) is 7.12. The molecule has 2 aromatic carbocycles. The molecule has 0 bridgehead atoms. The van der Waals surface area contributed by atoms with Crippen molar-refractivity contribution in [3.8, 4) is 0 Å². The van der Waals surface area contributed by atoms with Gasteiger partial charge in [0, 0.05) is 45.0 Å². The molecular formula is C29H35FN4O4. The summed E-state index contributed by atoms with van der Waals surface area (Å²) in [5.41, 5.74) is 4.00. The van der Waals surface area contributed by atoms with Crippen LogP contribution in [0, 0.1) is 19.7 Å². The normalized spacial score (nSPS) is 18.4. The first kappa shape index (κ1) is 27.3. The number of amides is 3. The number of carbonyl (C=O) groups excluding carboxylic acids is 3. The quantitative estimate of drug-likeness (QED) is 0.560. The molecule has 38 heavy (non-hydrogen) atoms. The lowest BCUT2D eigenvalue weighted by Gasteiger charge is -2.40. The fourth-order valence-corrected chi connectivity index (χ4v) is 5.17. The Bertz CT molecular complexity index is 1250. The summed E-state index contributed by atoms with van der Waals surface area (Å²) in [6.07, 6.45) is 0. The molecule has 0 radical (unpaired) electrons. The Labute approximate surface area is 223 Å². The van der Waals surface area contributed by atoms with Gasteiger partial charge >= 0.3 is 12.0 Å². The summed E-state index contributed by atoms with van der Waals surface area (Å²) in [6.45, 7) is 10.4. The van der Waals surface area contributed by atoms with Crippen molar-refractivity contribution in [2.45, 2.75) is 33.7 Å². The molecule has 9 heteroatoms. The van der Waals surface area contributed by atoms with Crippen LogP contribution in [0.25, 0.3) is 0 Å². The summed E-state index contributed by atoms with van der Waals surface area (Å²) in [5.74, 6) is -1.33. The second-order valence-corrected chi connectivity index (χ2v) is 9.62. The fraction of sp³-hybridized carbons (Fsp3) is 0.414. The van der Waals surface area contributed by atoms with Gasteiger partial charge in [0.2, 0.25) is 0 Å². The molecule has 1 fully saturated rings. The minimum absolute atomic E-state index is 0.0608. The van der Waals surface area contributed by atoms with E-state index in [1.165, 1.54) is 12.1 Å². The number of likely N-dealkylation sites (N-methyl/N-ethyl adjacent to an activating group) is 1. The van der Waals surface area contributed by atoms with E-state index in [9.17, 15) is 18.8 Å². The van der Waals surface area contributed by atoms with Crippen molar-refractivity contribution in [3.63, 3.8) is 0 Å². The molecule has 4 rings (SSSR count). The molecule has 2 aliphatic heterocycles. The molecule has 1 unspecified atom stereocenters. The molecule has 0 aliphatic carbocycles. The van der Waals surface area contributed by atoms with E-state index in [0.717, 1.165) is 16.7 Å². The molecule has 8 nitrogen and oxygen atoms in total. The van der Waals surface area contributed by atoms with Crippen LogP contribution in [-0.4, -0.2) is 78.5 Å². The monoisotopic (exact) mass is 522 g/mol. The summed E-state index contributed by atoms with van der Waals surface area (Å²) in [6, 6.07) is 11.0. The molecule has 2 aliphatic rings. The van der Waals surface area contributed by atoms with Gasteiger partial charge in [0.25, 0.3) is 5.91 Å². The number of nitrogens with zero attached hydrogens (tertiary/aromatic N) is 3. The average Bonchev–Trinajstić information content (AvgIpc) is 2.89. The highest BCUT2D eigenvalue weighted by Gasteiger charge is 2.39. The average molecular weight is 523 g/mol. The van der Waals surface area contributed by atoms with Gasteiger partial charge in [-0.25, -0.2) is 14.0 Å². The summed E-state index contributed by atoms with van der Waals surface area (Å²) in [5, 5.41) is 3.02. The van der Waals surface area contributed by atoms with E-state index in [-0.39, 0.29) is 24.1 Å². The van der Waals surface area contributed by atoms with Crippen LogP contribution in [0.5, 0.6) is 0 Å². The number of aryl methyl sites for hydroxylation is 2. The maximum atomic E-state index is 14.2. The summed E-state index contributed by atoms with van der Waals surface area (Å²) < 4.78 is 19.6. The lowest BCUT2D eigenvalue weighted by atomic mass is 9.90. The predicted molar refractivity (Wildman–Crippen MR) is 142 cm³/mol. The van der Waals surface area contributed by atoms with Crippen molar-refractivity contribution in [2.75, 3.05) is 45.9 Å². The van der Waals surface area contributed by atoms with Crippen LogP contribution in [0.15, 0.2) is 53.7 Å². The van der Waals surface area contributed by atoms with Crippen molar-refractivity contribution < 1.29 is 23.5 Å². The third-order valence-corrected chi connectivity index (χ3v) is 7.12. The molecule has 2 heterocycles. The lowest BCUT2D eigenvalue weighted by Crippen LogP contribution is -2.54. The minimum atomic E-state index is -0.635. The number of halogens is 1. The smallest absolute Gasteiger partial charge is 0.338 e. The van der Waals surface area contributed by atoms with Gasteiger partial charge in [-0.2, -0.15) is 0 Å². The van der Waals surface area contributed by atoms with Crippen LogP contribution in [0.2, 0.25) is 0 Å². The number of ether oxygens (including phenoxy) is 1. The highest BCUT2D eigenvalue weighted by atomic mass is 19.1. The molecule has 202 valence electrons. The van der Waals surface area contributed by atoms with Gasteiger partial charge in [-0.1, -0.05) is 35.9 Å². The van der Waals surface area contributed by atoms with Crippen LogP contribution >= 0.6 is 0 Å². The Kier molecular flexibility index (Phi) is 8.46. The van der Waals surface area contributed by atoms with Crippen LogP contribution in [0.1, 0.15) is 46.9 Å². The van der Waals surface area contributed by atoms with E-state index in [0.29, 0.717) is 50.5 Å². The number of hydrogen-bond acceptors (Lipinski definition) is 5. The Morgan fingerprint density at radius 1 is 1.05 bits per heavy atom. The lowest BCUT2D eigenvalue weighted by molar-refractivity contribution is -0.139. The summed E-state index contributed by atoms with van der Waals surface area (Å²) >= 11 is 0. The van der Waals surface area contributed by atoms with Gasteiger partial charge in [-0.3, -0.25) is 14.6 Å². The van der Waals surface area contributed by atoms with E-state index in [4.69, 9.17) is 4.74 Å². The largest absolute Gasteiger partial charge is 0.463 e. The van der Waals surface area contributed by atoms with Crippen molar-refractivity contribution in [1.82, 2.24) is 20.0 Å². The zero-order valence-electron chi connectivity index (χ0n) is 22.4. The summed E-state index contributed by atoms with van der Waals surface area (Å²) in [7, 11) is 0. The first-order valence-electron chi connectivity index (χ1n) is 13.1. The highest BCUT2D eigenvalue weighted by molar-refractivity contribution is 5.96. The van der Waals surface area contributed by atoms with E-state index in [2.05, 4.69) is 10.2 Å². The molecule has 2 aromatic rings. The summed E-state index contributed by atoms with van der Waals surface area (Å²) in [4.78, 5) is 44.8. The SMILES string of the molecule is CCOC(=O)C1=C(CN2CCN(C(=O)c3ccccc3F)CC2)N(CC)C(=O)NC1c1ccc(C)cc1C. The zero-order valence-corrected chi connectivity index (χ0v) is 22.4. The van der Waals surface area contributed by atoms with Crippen molar-refractivity contribution in [2.24, 2.45) is 0 Å².